The minimum atomic E-state index is 0.572. The van der Waals surface area contributed by atoms with E-state index in [1.807, 2.05) is 0 Å². The van der Waals surface area contributed by atoms with E-state index < -0.39 is 0 Å². The Balaban J connectivity index is 2.95. The molecule has 0 atom stereocenters. The molecule has 4 nitrogen and oxygen atoms in total. The van der Waals surface area contributed by atoms with Crippen LogP contribution in [0.1, 0.15) is 0 Å². The summed E-state index contributed by atoms with van der Waals surface area (Å²) in [7, 11) is 0. The Morgan fingerprint density at radius 2 is 2.56 bits per heavy atom. The van der Waals surface area contributed by atoms with Gasteiger partial charge in [-0.25, -0.2) is 9.97 Å². The first-order chi connectivity index (χ1) is 4.47. The zero-order chi connectivity index (χ0) is 6.10. The Kier molecular flexibility index (Phi) is 0.895. The molecule has 9 heavy (non-hydrogen) atoms. The normalized spacial score (nSPS) is 10.2. The van der Waals surface area contributed by atoms with Crippen molar-refractivity contribution in [3.63, 3.8) is 0 Å². The van der Waals surface area contributed by atoms with Gasteiger partial charge in [-0.15, -0.1) is 10.2 Å². The van der Waals surface area contributed by atoms with Gasteiger partial charge < -0.3 is 0 Å². The molecule has 0 amide bonds. The van der Waals surface area contributed by atoms with Crippen molar-refractivity contribution in [3.05, 3.63) is 11.8 Å². The lowest BCUT2D eigenvalue weighted by Crippen LogP contribution is -1.81. The standard InChI is InChI=1S/C4HN4S/c1-5-4-3(8-7-1)6-2-9-4/h1H. The first kappa shape index (κ1) is 4.75. The van der Waals surface area contributed by atoms with Crippen LogP contribution in [0.2, 0.25) is 0 Å². The number of fused-ring (bicyclic) bond motifs is 1. The van der Waals surface area contributed by atoms with Crippen LogP contribution in [-0.2, 0) is 0 Å². The van der Waals surface area contributed by atoms with Crippen molar-refractivity contribution < 1.29 is 0 Å². The highest BCUT2D eigenvalue weighted by atomic mass is 32.1. The Hall–Kier alpha value is -1.10. The molecule has 0 bridgehead atoms. The van der Waals surface area contributed by atoms with Crippen LogP contribution in [0.5, 0.6) is 0 Å². The SMILES string of the molecule is [c]1nc2nncnc2s1. The Morgan fingerprint density at radius 3 is 3.44 bits per heavy atom. The number of aromatic nitrogens is 4. The molecule has 0 saturated heterocycles. The molecular formula is C4HN4S. The molecular weight excluding hydrogens is 136 g/mol. The second-order valence-corrected chi connectivity index (χ2v) is 2.17. The van der Waals surface area contributed by atoms with Crippen molar-refractivity contribution in [2.75, 3.05) is 0 Å². The van der Waals surface area contributed by atoms with Crippen molar-refractivity contribution in [2.24, 2.45) is 0 Å². The molecule has 0 aromatic carbocycles. The molecule has 2 aromatic heterocycles. The van der Waals surface area contributed by atoms with Gasteiger partial charge >= 0.3 is 0 Å². The first-order valence-electron chi connectivity index (χ1n) is 2.27. The fourth-order valence-electron chi connectivity index (χ4n) is 0.511. The molecule has 0 spiro atoms. The lowest BCUT2D eigenvalue weighted by molar-refractivity contribution is 1.01. The summed E-state index contributed by atoms with van der Waals surface area (Å²) < 4.78 is 0. The minimum absolute atomic E-state index is 0.572. The number of nitrogens with zero attached hydrogens (tertiary/aromatic N) is 4. The molecule has 2 aromatic rings. The first-order valence-corrected chi connectivity index (χ1v) is 3.09. The second kappa shape index (κ2) is 1.70. The monoisotopic (exact) mass is 137 g/mol. The van der Waals surface area contributed by atoms with E-state index in [2.05, 4.69) is 25.7 Å². The van der Waals surface area contributed by atoms with Crippen molar-refractivity contribution in [2.45, 2.75) is 0 Å². The van der Waals surface area contributed by atoms with E-state index >= 15 is 0 Å². The van der Waals surface area contributed by atoms with Gasteiger partial charge in [0.1, 0.15) is 6.33 Å². The molecule has 1 radical (unpaired) electrons. The molecule has 5 heteroatoms. The maximum Gasteiger partial charge on any atom is 0.212 e. The zero-order valence-electron chi connectivity index (χ0n) is 4.27. The summed E-state index contributed by atoms with van der Waals surface area (Å²) in [5.74, 6) is 0. The fourth-order valence-corrected chi connectivity index (χ4v) is 1.01. The van der Waals surface area contributed by atoms with E-state index in [1.165, 1.54) is 17.7 Å². The van der Waals surface area contributed by atoms with Crippen LogP contribution in [0, 0.1) is 5.51 Å². The summed E-state index contributed by atoms with van der Waals surface area (Å²) in [6.45, 7) is 0. The third kappa shape index (κ3) is 0.655. The average Bonchev–Trinajstić information content (AvgIpc) is 2.33. The van der Waals surface area contributed by atoms with Crippen LogP contribution in [0.4, 0.5) is 0 Å². The lowest BCUT2D eigenvalue weighted by atomic mass is 10.8. The van der Waals surface area contributed by atoms with Crippen LogP contribution in [0.3, 0.4) is 0 Å². The van der Waals surface area contributed by atoms with E-state index in [-0.39, 0.29) is 0 Å². The summed E-state index contributed by atoms with van der Waals surface area (Å²) in [5.41, 5.74) is 3.24. The van der Waals surface area contributed by atoms with Gasteiger partial charge in [-0.3, -0.25) is 0 Å². The van der Waals surface area contributed by atoms with Gasteiger partial charge in [-0.2, -0.15) is 0 Å². The Bertz CT molecular complexity index is 287. The van der Waals surface area contributed by atoms with Crippen molar-refractivity contribution in [1.82, 2.24) is 20.2 Å². The van der Waals surface area contributed by atoms with Gasteiger partial charge in [0, 0.05) is 0 Å². The van der Waals surface area contributed by atoms with Gasteiger partial charge in [0.2, 0.25) is 5.65 Å². The second-order valence-electron chi connectivity index (χ2n) is 1.39. The van der Waals surface area contributed by atoms with Crippen molar-refractivity contribution >= 4 is 21.8 Å². The molecule has 2 heterocycles. The molecule has 43 valence electrons. The summed E-state index contributed by atoms with van der Waals surface area (Å²) in [6.07, 6.45) is 1.40. The quantitative estimate of drug-likeness (QED) is 0.523. The van der Waals surface area contributed by atoms with E-state index in [0.717, 1.165) is 4.83 Å². The van der Waals surface area contributed by atoms with Crippen LogP contribution >= 0.6 is 11.3 Å². The van der Waals surface area contributed by atoms with Crippen LogP contribution in [0.25, 0.3) is 10.5 Å². The number of hydrogen-bond donors (Lipinski definition) is 0. The lowest BCUT2D eigenvalue weighted by Gasteiger charge is -1.77. The number of rotatable bonds is 0. The highest BCUT2D eigenvalue weighted by Crippen LogP contribution is 2.07. The van der Waals surface area contributed by atoms with Crippen LogP contribution in [-0.4, -0.2) is 20.2 Å². The van der Waals surface area contributed by atoms with Crippen LogP contribution in [0.15, 0.2) is 6.33 Å². The van der Waals surface area contributed by atoms with E-state index in [4.69, 9.17) is 0 Å². The molecule has 0 unspecified atom stereocenters. The summed E-state index contributed by atoms with van der Waals surface area (Å²) in [4.78, 5) is 8.45. The van der Waals surface area contributed by atoms with Gasteiger partial charge in [-0.1, -0.05) is 11.3 Å². The highest BCUT2D eigenvalue weighted by molar-refractivity contribution is 7.15. The largest absolute Gasteiger partial charge is 0.220 e. The maximum absolute atomic E-state index is 3.89. The number of thiazole rings is 1. The third-order valence-electron chi connectivity index (χ3n) is 0.864. The van der Waals surface area contributed by atoms with E-state index in [1.54, 1.807) is 0 Å². The predicted octanol–water partition coefficient (Wildman–Crippen LogP) is 0.281. The average molecular weight is 137 g/mol. The number of hydrogen-bond acceptors (Lipinski definition) is 5. The Labute approximate surface area is 54.6 Å². The topological polar surface area (TPSA) is 51.6 Å². The predicted molar refractivity (Wildman–Crippen MR) is 31.8 cm³/mol. The summed E-state index contributed by atoms with van der Waals surface area (Å²) in [5, 5.41) is 7.24. The van der Waals surface area contributed by atoms with Gasteiger partial charge in [0.05, 0.1) is 0 Å². The molecule has 2 rings (SSSR count). The fraction of sp³-hybridized carbons (Fsp3) is 0. The third-order valence-corrected chi connectivity index (χ3v) is 1.53. The molecule has 0 fully saturated rings. The van der Waals surface area contributed by atoms with Crippen molar-refractivity contribution in [1.29, 1.82) is 0 Å². The maximum atomic E-state index is 3.89. The highest BCUT2D eigenvalue weighted by Gasteiger charge is 1.95. The van der Waals surface area contributed by atoms with E-state index in [9.17, 15) is 0 Å². The summed E-state index contributed by atoms with van der Waals surface area (Å²) in [6, 6.07) is 0. The van der Waals surface area contributed by atoms with Gasteiger partial charge in [-0.05, 0) is 0 Å². The van der Waals surface area contributed by atoms with Gasteiger partial charge in [0.15, 0.2) is 10.3 Å². The smallest absolute Gasteiger partial charge is 0.212 e. The van der Waals surface area contributed by atoms with Crippen molar-refractivity contribution in [3.8, 4) is 0 Å². The summed E-state index contributed by atoms with van der Waals surface area (Å²) >= 11 is 1.34. The molecule has 0 aliphatic heterocycles. The molecule has 0 N–H and O–H groups in total. The van der Waals surface area contributed by atoms with E-state index in [0.29, 0.717) is 5.65 Å². The molecule has 0 aliphatic carbocycles. The van der Waals surface area contributed by atoms with Gasteiger partial charge in [0.25, 0.3) is 0 Å². The zero-order valence-corrected chi connectivity index (χ0v) is 5.09. The minimum Gasteiger partial charge on any atom is -0.220 e. The Morgan fingerprint density at radius 1 is 1.56 bits per heavy atom. The molecule has 0 saturated carbocycles. The molecule has 0 aliphatic rings. The van der Waals surface area contributed by atoms with Crippen LogP contribution < -0.4 is 0 Å².